The highest BCUT2D eigenvalue weighted by atomic mass is 32.2. The third-order valence-electron chi connectivity index (χ3n) is 4.58. The summed E-state index contributed by atoms with van der Waals surface area (Å²) in [6.07, 6.45) is -1.85. The predicted molar refractivity (Wildman–Crippen MR) is 82.5 cm³/mol. The number of alkyl halides is 3. The summed E-state index contributed by atoms with van der Waals surface area (Å²) in [5.74, 6) is -2.89. The number of rotatable bonds is 2. The van der Waals surface area contributed by atoms with E-state index in [1.54, 1.807) is 0 Å². The second-order valence-electron chi connectivity index (χ2n) is 6.21. The third-order valence-corrected chi connectivity index (χ3v) is 5.74. The Hall–Kier alpha value is -2.37. The maximum atomic E-state index is 13.2. The molecular weight excluding hydrogens is 379 g/mol. The summed E-state index contributed by atoms with van der Waals surface area (Å²) in [6.45, 7) is -1.25. The van der Waals surface area contributed by atoms with Gasteiger partial charge in [-0.1, -0.05) is 0 Å². The van der Waals surface area contributed by atoms with Crippen molar-refractivity contribution in [1.29, 1.82) is 0 Å². The summed E-state index contributed by atoms with van der Waals surface area (Å²) >= 11 is 0. The number of carbonyl (C=O) groups is 2. The van der Waals surface area contributed by atoms with Gasteiger partial charge in [0.1, 0.15) is 5.84 Å². The van der Waals surface area contributed by atoms with Crippen molar-refractivity contribution in [3.05, 3.63) is 23.9 Å². The smallest absolute Gasteiger partial charge is 0.406 e. The second kappa shape index (κ2) is 5.83. The van der Waals surface area contributed by atoms with Gasteiger partial charge in [-0.15, -0.1) is 4.40 Å². The van der Waals surface area contributed by atoms with Crippen LogP contribution >= 0.6 is 0 Å². The van der Waals surface area contributed by atoms with Crippen LogP contribution in [0.5, 0.6) is 0 Å². The molecule has 1 atom stereocenters. The van der Waals surface area contributed by atoms with Gasteiger partial charge in [0.25, 0.3) is 15.9 Å². The van der Waals surface area contributed by atoms with Gasteiger partial charge in [0.15, 0.2) is 5.41 Å². The van der Waals surface area contributed by atoms with Crippen LogP contribution in [0, 0.1) is 5.41 Å². The molecule has 0 bridgehead atoms. The number of sulfonamides is 1. The van der Waals surface area contributed by atoms with E-state index in [9.17, 15) is 31.2 Å². The number of likely N-dealkylation sites (tertiary alicyclic amines) is 1. The van der Waals surface area contributed by atoms with Crippen molar-refractivity contribution < 1.29 is 36.3 Å². The van der Waals surface area contributed by atoms with Crippen molar-refractivity contribution in [2.45, 2.75) is 12.6 Å². The number of amidine groups is 1. The summed E-state index contributed by atoms with van der Waals surface area (Å²) in [7, 11) is -3.57. The Bertz CT molecular complexity index is 862. The van der Waals surface area contributed by atoms with Gasteiger partial charge in [-0.2, -0.15) is 13.2 Å². The number of carboxylic acids is 1. The predicted octanol–water partition coefficient (Wildman–Crippen LogP) is 0.350. The number of carbonyl (C=O) groups excluding carboxylic acids is 1. The molecule has 26 heavy (non-hydrogen) atoms. The summed E-state index contributed by atoms with van der Waals surface area (Å²) in [5, 5.41) is 9.05. The first-order valence-corrected chi connectivity index (χ1v) is 9.15. The molecule has 3 aliphatic heterocycles. The Balaban J connectivity index is 1.81. The van der Waals surface area contributed by atoms with Crippen molar-refractivity contribution in [3.63, 3.8) is 0 Å². The van der Waals surface area contributed by atoms with E-state index in [4.69, 9.17) is 5.11 Å². The van der Waals surface area contributed by atoms with Crippen LogP contribution < -0.4 is 0 Å². The van der Waals surface area contributed by atoms with Crippen molar-refractivity contribution >= 4 is 27.7 Å². The van der Waals surface area contributed by atoms with Crippen molar-refractivity contribution in [1.82, 2.24) is 9.80 Å². The van der Waals surface area contributed by atoms with E-state index in [2.05, 4.69) is 4.40 Å². The number of hydrogen-bond donors (Lipinski definition) is 1. The van der Waals surface area contributed by atoms with Gasteiger partial charge in [0, 0.05) is 25.8 Å². The van der Waals surface area contributed by atoms with E-state index in [0.717, 1.165) is 4.90 Å². The summed E-state index contributed by atoms with van der Waals surface area (Å²) in [5.41, 5.74) is -2.94. The van der Waals surface area contributed by atoms with E-state index < -0.39 is 46.5 Å². The van der Waals surface area contributed by atoms with E-state index in [-0.39, 0.29) is 30.3 Å². The number of halogens is 3. The van der Waals surface area contributed by atoms with Crippen LogP contribution in [0.4, 0.5) is 13.2 Å². The lowest BCUT2D eigenvalue weighted by Crippen LogP contribution is -2.48. The van der Waals surface area contributed by atoms with Gasteiger partial charge in [-0.3, -0.25) is 9.59 Å². The zero-order valence-electron chi connectivity index (χ0n) is 13.2. The molecule has 0 radical (unpaired) electrons. The highest BCUT2D eigenvalue weighted by Gasteiger charge is 2.64. The van der Waals surface area contributed by atoms with E-state index >= 15 is 0 Å². The summed E-state index contributed by atoms with van der Waals surface area (Å²) in [4.78, 5) is 26.0. The van der Waals surface area contributed by atoms with Gasteiger partial charge in [-0.25, -0.2) is 8.42 Å². The molecule has 3 rings (SSSR count). The molecule has 0 saturated carbocycles. The second-order valence-corrected chi connectivity index (χ2v) is 7.96. The van der Waals surface area contributed by atoms with Crippen molar-refractivity contribution in [2.24, 2.45) is 9.81 Å². The molecule has 1 amide bonds. The first-order chi connectivity index (χ1) is 12.0. The molecule has 0 aromatic heterocycles. The number of amides is 1. The topological polar surface area (TPSA) is 107 Å². The molecule has 3 aliphatic rings. The van der Waals surface area contributed by atoms with E-state index in [0.29, 0.717) is 0 Å². The van der Waals surface area contributed by atoms with Crippen molar-refractivity contribution in [3.8, 4) is 0 Å². The Morgan fingerprint density at radius 1 is 1.23 bits per heavy atom. The molecule has 3 heterocycles. The number of carboxylic acid groups (broad SMARTS) is 1. The maximum absolute atomic E-state index is 13.2. The Labute approximate surface area is 146 Å². The Kier molecular flexibility index (Phi) is 4.13. The average molecular weight is 393 g/mol. The molecule has 1 unspecified atom stereocenters. The standard InChI is InChI=1S/C14H14F3N3O5S/c15-14(16,17)13(12(22)23)3-4-20(8-13)11(21)9-1-2-10-18-26(24,25)6-5-19(10)7-9/h1-2,7H,3-6,8H2,(H,22,23). The summed E-state index contributed by atoms with van der Waals surface area (Å²) < 4.78 is 66.1. The third kappa shape index (κ3) is 2.97. The largest absolute Gasteiger partial charge is 0.481 e. The van der Waals surface area contributed by atoms with Gasteiger partial charge in [-0.05, 0) is 18.6 Å². The van der Waals surface area contributed by atoms with Crippen LogP contribution in [0.15, 0.2) is 28.3 Å². The average Bonchev–Trinajstić information content (AvgIpc) is 2.99. The van der Waals surface area contributed by atoms with Gasteiger partial charge >= 0.3 is 12.1 Å². The normalized spacial score (nSPS) is 27.7. The highest BCUT2D eigenvalue weighted by Crippen LogP contribution is 2.46. The zero-order valence-corrected chi connectivity index (χ0v) is 14.0. The van der Waals surface area contributed by atoms with E-state index in [1.165, 1.54) is 23.3 Å². The zero-order chi connectivity index (χ0) is 19.3. The maximum Gasteiger partial charge on any atom is 0.406 e. The molecule has 0 spiro atoms. The van der Waals surface area contributed by atoms with Crippen LogP contribution in [0.1, 0.15) is 6.42 Å². The minimum absolute atomic E-state index is 0.0339. The molecule has 8 nitrogen and oxygen atoms in total. The van der Waals surface area contributed by atoms with Crippen LogP contribution in [-0.4, -0.2) is 72.6 Å². The Morgan fingerprint density at radius 2 is 1.92 bits per heavy atom. The Morgan fingerprint density at radius 3 is 2.50 bits per heavy atom. The molecule has 1 saturated heterocycles. The fourth-order valence-corrected chi connectivity index (χ4v) is 3.99. The number of nitrogens with zero attached hydrogens (tertiary/aromatic N) is 3. The summed E-state index contributed by atoms with van der Waals surface area (Å²) in [6, 6.07) is 0. The van der Waals surface area contributed by atoms with Gasteiger partial charge in [0.2, 0.25) is 0 Å². The molecule has 0 aliphatic carbocycles. The lowest BCUT2D eigenvalue weighted by atomic mass is 9.86. The van der Waals surface area contributed by atoms with E-state index in [1.807, 2.05) is 0 Å². The van der Waals surface area contributed by atoms with Crippen LogP contribution in [0.3, 0.4) is 0 Å². The lowest BCUT2D eigenvalue weighted by molar-refractivity contribution is -0.227. The first-order valence-electron chi connectivity index (χ1n) is 7.54. The quantitative estimate of drug-likeness (QED) is 0.726. The monoisotopic (exact) mass is 393 g/mol. The molecule has 142 valence electrons. The fraction of sp³-hybridized carbons (Fsp3) is 0.500. The molecule has 0 aromatic carbocycles. The minimum Gasteiger partial charge on any atom is -0.481 e. The molecule has 12 heteroatoms. The first kappa shape index (κ1) is 18.4. The van der Waals surface area contributed by atoms with Crippen LogP contribution in [-0.2, 0) is 19.6 Å². The molecular formula is C14H14F3N3O5S. The number of aliphatic carboxylic acids is 1. The van der Waals surface area contributed by atoms with Gasteiger partial charge in [0.05, 0.1) is 11.3 Å². The lowest BCUT2D eigenvalue weighted by Gasteiger charge is -2.29. The SMILES string of the molecule is O=C(C1=CN2CCS(=O)(=O)N=C2C=C1)N1CCC(C(=O)O)(C(F)(F)F)C1. The number of fused-ring (bicyclic) bond motifs is 1. The fourth-order valence-electron chi connectivity index (χ4n) is 3.02. The van der Waals surface area contributed by atoms with Crippen LogP contribution in [0.2, 0.25) is 0 Å². The molecule has 1 N–H and O–H groups in total. The minimum atomic E-state index is -4.98. The van der Waals surface area contributed by atoms with Crippen molar-refractivity contribution in [2.75, 3.05) is 25.4 Å². The number of hydrogen-bond acceptors (Lipinski definition) is 5. The molecule has 0 aromatic rings. The van der Waals surface area contributed by atoms with Crippen LogP contribution in [0.25, 0.3) is 0 Å². The highest BCUT2D eigenvalue weighted by molar-refractivity contribution is 7.90. The van der Waals surface area contributed by atoms with Gasteiger partial charge < -0.3 is 14.9 Å². The molecule has 1 fully saturated rings.